The lowest BCUT2D eigenvalue weighted by molar-refractivity contribution is -0.143. The Morgan fingerprint density at radius 3 is 2.93 bits per heavy atom. The lowest BCUT2D eigenvalue weighted by Gasteiger charge is -2.20. The van der Waals surface area contributed by atoms with Gasteiger partial charge in [0.2, 0.25) is 5.91 Å². The van der Waals surface area contributed by atoms with Crippen LogP contribution in [0.3, 0.4) is 0 Å². The Morgan fingerprint density at radius 1 is 1.73 bits per heavy atom. The first-order valence-corrected chi connectivity index (χ1v) is 4.88. The third-order valence-corrected chi connectivity index (χ3v) is 2.29. The number of amides is 1. The fourth-order valence-electron chi connectivity index (χ4n) is 1.60. The molecule has 1 saturated heterocycles. The molecule has 1 aliphatic rings. The first kappa shape index (κ1) is 11.8. The molecule has 0 aromatic rings. The summed E-state index contributed by atoms with van der Waals surface area (Å²) in [6.45, 7) is -0.270. The summed E-state index contributed by atoms with van der Waals surface area (Å²) in [7, 11) is 1.61. The van der Waals surface area contributed by atoms with Crippen LogP contribution in [0.4, 0.5) is 0 Å². The fraction of sp³-hybridized carbons (Fsp3) is 0.556. The van der Waals surface area contributed by atoms with Gasteiger partial charge in [-0.05, 0) is 6.42 Å². The van der Waals surface area contributed by atoms with Crippen molar-refractivity contribution in [2.75, 3.05) is 6.54 Å². The minimum Gasteiger partial charge on any atom is -0.480 e. The van der Waals surface area contributed by atoms with Crippen LogP contribution in [0.2, 0.25) is 0 Å². The largest absolute Gasteiger partial charge is 0.480 e. The van der Waals surface area contributed by atoms with Gasteiger partial charge in [-0.3, -0.25) is 9.59 Å². The number of aliphatic hydroxyl groups excluding tert-OH is 1. The molecule has 1 heterocycles. The van der Waals surface area contributed by atoms with Gasteiger partial charge in [0.05, 0.1) is 6.04 Å². The third kappa shape index (κ3) is 3.40. The van der Waals surface area contributed by atoms with E-state index >= 15 is 0 Å². The molecule has 0 spiro atoms. The number of carbonyl (C=O) groups excluding carboxylic acids is 1. The maximum absolute atomic E-state index is 11.3. The first-order valence-electron chi connectivity index (χ1n) is 4.88. The second kappa shape index (κ2) is 4.98. The number of likely N-dealkylation sites (tertiary alicyclic amines) is 1. The average Bonchev–Trinajstić information content (AvgIpc) is 2.44. The Balaban J connectivity index is 2.63. The second-order valence-corrected chi connectivity index (χ2v) is 3.65. The highest BCUT2D eigenvalue weighted by molar-refractivity contribution is 6.12. The SMILES string of the molecule is B[C@H](O)/C=C/[C@H]1CCC(=O)N1CC(=O)O. The molecule has 1 fully saturated rings. The molecule has 2 atom stereocenters. The van der Waals surface area contributed by atoms with E-state index in [0.29, 0.717) is 12.8 Å². The minimum absolute atomic E-state index is 0.141. The van der Waals surface area contributed by atoms with Crippen molar-refractivity contribution in [3.8, 4) is 0 Å². The van der Waals surface area contributed by atoms with E-state index in [9.17, 15) is 9.59 Å². The molecule has 0 saturated carbocycles. The Bertz CT molecular complexity index is 290. The van der Waals surface area contributed by atoms with Crippen molar-refractivity contribution >= 4 is 19.7 Å². The van der Waals surface area contributed by atoms with Crippen molar-refractivity contribution in [2.24, 2.45) is 0 Å². The van der Waals surface area contributed by atoms with Crippen LogP contribution in [0.25, 0.3) is 0 Å². The van der Waals surface area contributed by atoms with Gasteiger partial charge in [0, 0.05) is 12.4 Å². The summed E-state index contributed by atoms with van der Waals surface area (Å²) in [6, 6.07) is -0.768. The number of rotatable bonds is 4. The molecule has 0 unspecified atom stereocenters. The van der Waals surface area contributed by atoms with Gasteiger partial charge in [0.1, 0.15) is 14.4 Å². The van der Waals surface area contributed by atoms with Gasteiger partial charge in [0.15, 0.2) is 0 Å². The molecule has 2 N–H and O–H groups in total. The first-order chi connectivity index (χ1) is 7.00. The van der Waals surface area contributed by atoms with E-state index in [-0.39, 0.29) is 18.5 Å². The summed E-state index contributed by atoms with van der Waals surface area (Å²) in [5, 5.41) is 17.7. The molecule has 0 radical (unpaired) electrons. The van der Waals surface area contributed by atoms with Crippen molar-refractivity contribution in [1.82, 2.24) is 4.90 Å². The van der Waals surface area contributed by atoms with E-state index in [1.54, 1.807) is 20.0 Å². The van der Waals surface area contributed by atoms with E-state index in [1.807, 2.05) is 0 Å². The fourth-order valence-corrected chi connectivity index (χ4v) is 1.60. The maximum atomic E-state index is 11.3. The number of nitrogens with zero attached hydrogens (tertiary/aromatic N) is 1. The highest BCUT2D eigenvalue weighted by Crippen LogP contribution is 2.19. The van der Waals surface area contributed by atoms with Crippen LogP contribution in [-0.4, -0.2) is 53.4 Å². The normalized spacial score (nSPS) is 23.7. The number of hydrogen-bond acceptors (Lipinski definition) is 3. The Morgan fingerprint density at radius 2 is 2.40 bits per heavy atom. The van der Waals surface area contributed by atoms with E-state index in [2.05, 4.69) is 0 Å². The molecule has 1 aliphatic heterocycles. The molecule has 6 heteroatoms. The number of aliphatic carboxylic acids is 1. The smallest absolute Gasteiger partial charge is 0.323 e. The van der Waals surface area contributed by atoms with Gasteiger partial charge in [-0.25, -0.2) is 0 Å². The number of carboxylic acid groups (broad SMARTS) is 1. The zero-order chi connectivity index (χ0) is 11.4. The van der Waals surface area contributed by atoms with Crippen LogP contribution in [-0.2, 0) is 9.59 Å². The summed E-state index contributed by atoms with van der Waals surface area (Å²) in [5.41, 5.74) is 0. The zero-order valence-corrected chi connectivity index (χ0v) is 8.59. The predicted octanol–water partition coefficient (Wildman–Crippen LogP) is -1.43. The average molecular weight is 211 g/mol. The Kier molecular flexibility index (Phi) is 3.91. The van der Waals surface area contributed by atoms with Gasteiger partial charge in [-0.1, -0.05) is 12.2 Å². The summed E-state index contributed by atoms with van der Waals surface area (Å²) < 4.78 is 0. The quantitative estimate of drug-likeness (QED) is 0.441. The van der Waals surface area contributed by atoms with Crippen LogP contribution < -0.4 is 0 Å². The molecule has 1 rings (SSSR count). The molecule has 82 valence electrons. The zero-order valence-electron chi connectivity index (χ0n) is 8.59. The number of aliphatic hydroxyl groups is 1. The Labute approximate surface area is 88.8 Å². The minimum atomic E-state index is -1.01. The van der Waals surface area contributed by atoms with Gasteiger partial charge in [0.25, 0.3) is 0 Å². The van der Waals surface area contributed by atoms with Gasteiger partial charge >= 0.3 is 5.97 Å². The molecule has 5 nitrogen and oxygen atoms in total. The highest BCUT2D eigenvalue weighted by atomic mass is 16.4. The van der Waals surface area contributed by atoms with Gasteiger partial charge in [-0.15, -0.1) is 0 Å². The molecular weight excluding hydrogens is 197 g/mol. The second-order valence-electron chi connectivity index (χ2n) is 3.65. The topological polar surface area (TPSA) is 77.8 Å². The number of carboxylic acids is 1. The van der Waals surface area contributed by atoms with Gasteiger partial charge in [-0.2, -0.15) is 0 Å². The number of carbonyl (C=O) groups is 2. The standard InChI is InChI=1S/C9H14BNO4/c10-7(12)3-1-6-2-4-8(13)11(6)5-9(14)15/h1,3,6-7,12H,2,4-5,10H2,(H,14,15)/b3-1+/t6-,7+/m0/s1. The molecule has 15 heavy (non-hydrogen) atoms. The van der Waals surface area contributed by atoms with E-state index in [4.69, 9.17) is 10.2 Å². The maximum Gasteiger partial charge on any atom is 0.323 e. The van der Waals surface area contributed by atoms with Crippen molar-refractivity contribution in [2.45, 2.75) is 24.9 Å². The van der Waals surface area contributed by atoms with Crippen molar-refractivity contribution in [3.05, 3.63) is 12.2 Å². The molecule has 0 aromatic carbocycles. The van der Waals surface area contributed by atoms with Crippen molar-refractivity contribution in [1.29, 1.82) is 0 Å². The molecule has 0 aliphatic carbocycles. The molecule has 0 bridgehead atoms. The van der Waals surface area contributed by atoms with Crippen molar-refractivity contribution in [3.63, 3.8) is 0 Å². The summed E-state index contributed by atoms with van der Waals surface area (Å²) >= 11 is 0. The molecular formula is C9H14BNO4. The molecule has 1 amide bonds. The Hall–Kier alpha value is -1.30. The predicted molar refractivity (Wildman–Crippen MR) is 56.1 cm³/mol. The van der Waals surface area contributed by atoms with Crippen LogP contribution in [0, 0.1) is 0 Å². The van der Waals surface area contributed by atoms with Crippen LogP contribution in [0.1, 0.15) is 12.8 Å². The van der Waals surface area contributed by atoms with Crippen LogP contribution in [0.15, 0.2) is 12.2 Å². The summed E-state index contributed by atoms with van der Waals surface area (Å²) in [5.74, 6) is -1.15. The lowest BCUT2D eigenvalue weighted by Crippen LogP contribution is -2.36. The van der Waals surface area contributed by atoms with Crippen LogP contribution in [0.5, 0.6) is 0 Å². The lowest BCUT2D eigenvalue weighted by atomic mass is 9.99. The highest BCUT2D eigenvalue weighted by Gasteiger charge is 2.30. The third-order valence-electron chi connectivity index (χ3n) is 2.29. The van der Waals surface area contributed by atoms with Crippen molar-refractivity contribution < 1.29 is 19.8 Å². The monoisotopic (exact) mass is 211 g/mol. The van der Waals surface area contributed by atoms with Gasteiger partial charge < -0.3 is 15.1 Å². The van der Waals surface area contributed by atoms with E-state index in [1.165, 1.54) is 4.90 Å². The summed E-state index contributed by atoms with van der Waals surface area (Å²) in [6.07, 6.45) is 4.26. The van der Waals surface area contributed by atoms with E-state index in [0.717, 1.165) is 0 Å². The number of hydrogen-bond donors (Lipinski definition) is 2. The molecule has 0 aromatic heterocycles. The van der Waals surface area contributed by atoms with Crippen LogP contribution >= 0.6 is 0 Å². The summed E-state index contributed by atoms with van der Waals surface area (Å²) in [4.78, 5) is 23.2. The van der Waals surface area contributed by atoms with E-state index < -0.39 is 12.0 Å².